The van der Waals surface area contributed by atoms with E-state index in [2.05, 4.69) is 11.4 Å². The number of amides is 1. The summed E-state index contributed by atoms with van der Waals surface area (Å²) in [6.07, 6.45) is 5.86. The molecule has 1 rings (SSSR count). The molecular weight excluding hydrogens is 188 g/mol. The van der Waals surface area contributed by atoms with Crippen molar-refractivity contribution in [1.82, 2.24) is 5.32 Å². The van der Waals surface area contributed by atoms with Crippen molar-refractivity contribution in [3.63, 3.8) is 0 Å². The number of nitrogens with one attached hydrogen (secondary N) is 1. The van der Waals surface area contributed by atoms with Crippen molar-refractivity contribution in [2.75, 3.05) is 6.54 Å². The number of hydrogen-bond acceptors (Lipinski definition) is 2. The van der Waals surface area contributed by atoms with Crippen molar-refractivity contribution >= 4 is 5.91 Å². The topological polar surface area (TPSA) is 52.9 Å². The summed E-state index contributed by atoms with van der Waals surface area (Å²) < 4.78 is 0. The lowest BCUT2D eigenvalue weighted by atomic mass is 10.0. The van der Waals surface area contributed by atoms with Gasteiger partial charge in [0, 0.05) is 13.0 Å². The van der Waals surface area contributed by atoms with Crippen LogP contribution in [0.1, 0.15) is 40.0 Å². The van der Waals surface area contributed by atoms with Crippen molar-refractivity contribution in [2.45, 2.75) is 40.0 Å². The van der Waals surface area contributed by atoms with Crippen LogP contribution in [-0.2, 0) is 4.79 Å². The fourth-order valence-electron chi connectivity index (χ4n) is 1.24. The predicted molar refractivity (Wildman–Crippen MR) is 61.1 cm³/mol. The van der Waals surface area contributed by atoms with Gasteiger partial charge in [0.05, 0.1) is 11.5 Å². The van der Waals surface area contributed by atoms with Gasteiger partial charge >= 0.3 is 0 Å². The van der Waals surface area contributed by atoms with Crippen LogP contribution in [0.3, 0.4) is 0 Å². The third-order valence-corrected chi connectivity index (χ3v) is 2.37. The molecule has 3 heteroatoms. The minimum atomic E-state index is -0.337. The molecule has 0 aromatic carbocycles. The predicted octanol–water partition coefficient (Wildman–Crippen LogP) is 2.40. The van der Waals surface area contributed by atoms with E-state index in [1.54, 1.807) is 0 Å². The van der Waals surface area contributed by atoms with Crippen molar-refractivity contribution in [2.24, 2.45) is 5.41 Å². The van der Waals surface area contributed by atoms with Crippen LogP contribution in [0.4, 0.5) is 0 Å². The van der Waals surface area contributed by atoms with Crippen molar-refractivity contribution in [1.29, 1.82) is 5.26 Å². The van der Waals surface area contributed by atoms with E-state index >= 15 is 0 Å². The minimum Gasteiger partial charge on any atom is -0.352 e. The summed E-state index contributed by atoms with van der Waals surface area (Å²) in [6, 6.07) is 2.06. The van der Waals surface area contributed by atoms with E-state index in [1.165, 1.54) is 0 Å². The number of allylic oxidation sites excluding steroid dienone is 1. The van der Waals surface area contributed by atoms with Crippen LogP contribution >= 0.6 is 0 Å². The van der Waals surface area contributed by atoms with Gasteiger partial charge in [0.25, 0.3) is 0 Å². The highest BCUT2D eigenvalue weighted by molar-refractivity contribution is 5.85. The van der Waals surface area contributed by atoms with Gasteiger partial charge < -0.3 is 5.32 Å². The van der Waals surface area contributed by atoms with Crippen molar-refractivity contribution < 1.29 is 4.79 Å². The first kappa shape index (κ1) is 13.7. The SMILES string of the molecule is C/C=C/CNC(=O)C1(CC#N)CC1.CC. The van der Waals surface area contributed by atoms with E-state index < -0.39 is 0 Å². The zero-order chi connectivity index (χ0) is 11.7. The Labute approximate surface area is 92.2 Å². The van der Waals surface area contributed by atoms with Crippen molar-refractivity contribution in [3.05, 3.63) is 12.2 Å². The zero-order valence-electron chi connectivity index (χ0n) is 9.84. The standard InChI is InChI=1S/C10H14N2O.C2H6/c1-2-3-8-12-9(13)10(4-5-10)6-7-11;1-2/h2-3H,4-6,8H2,1H3,(H,12,13);1-2H3/b3-2+;. The Morgan fingerprint density at radius 2 is 2.13 bits per heavy atom. The van der Waals surface area contributed by atoms with Crippen LogP contribution < -0.4 is 5.32 Å². The number of nitriles is 1. The first-order valence-electron chi connectivity index (χ1n) is 5.51. The fraction of sp³-hybridized carbons (Fsp3) is 0.667. The molecule has 0 bridgehead atoms. The van der Waals surface area contributed by atoms with Gasteiger partial charge in [-0.1, -0.05) is 26.0 Å². The zero-order valence-corrected chi connectivity index (χ0v) is 9.84. The Hall–Kier alpha value is -1.30. The molecule has 1 N–H and O–H groups in total. The van der Waals surface area contributed by atoms with E-state index in [4.69, 9.17) is 5.26 Å². The Balaban J connectivity index is 0.000000921. The largest absolute Gasteiger partial charge is 0.352 e. The summed E-state index contributed by atoms with van der Waals surface area (Å²) >= 11 is 0. The van der Waals surface area contributed by atoms with E-state index in [0.717, 1.165) is 12.8 Å². The summed E-state index contributed by atoms with van der Waals surface area (Å²) in [7, 11) is 0. The van der Waals surface area contributed by atoms with E-state index in [9.17, 15) is 4.79 Å². The maximum absolute atomic E-state index is 11.5. The second-order valence-corrected chi connectivity index (χ2v) is 3.39. The van der Waals surface area contributed by atoms with E-state index in [1.807, 2.05) is 32.9 Å². The van der Waals surface area contributed by atoms with E-state index in [-0.39, 0.29) is 11.3 Å². The Kier molecular flexibility index (Phi) is 6.44. The second-order valence-electron chi connectivity index (χ2n) is 3.39. The summed E-state index contributed by atoms with van der Waals surface area (Å²) in [5.41, 5.74) is -0.337. The van der Waals surface area contributed by atoms with Crippen LogP contribution in [0.5, 0.6) is 0 Å². The lowest BCUT2D eigenvalue weighted by Crippen LogP contribution is -2.31. The van der Waals surface area contributed by atoms with Gasteiger partial charge in [-0.15, -0.1) is 0 Å². The molecule has 0 unspecified atom stereocenters. The quantitative estimate of drug-likeness (QED) is 0.721. The molecule has 0 aromatic heterocycles. The lowest BCUT2D eigenvalue weighted by molar-refractivity contribution is -0.125. The Bertz CT molecular complexity index is 259. The number of rotatable bonds is 4. The first-order chi connectivity index (χ1) is 7.25. The number of carbonyl (C=O) groups excluding carboxylic acids is 1. The summed E-state index contributed by atoms with van der Waals surface area (Å²) in [6.45, 7) is 6.48. The molecule has 1 amide bonds. The molecule has 15 heavy (non-hydrogen) atoms. The molecule has 84 valence electrons. The smallest absolute Gasteiger partial charge is 0.227 e. The van der Waals surface area contributed by atoms with Crippen molar-refractivity contribution in [3.8, 4) is 6.07 Å². The van der Waals surface area contributed by atoms with Crippen LogP contribution in [-0.4, -0.2) is 12.5 Å². The summed E-state index contributed by atoms with van der Waals surface area (Å²) in [4.78, 5) is 11.5. The van der Waals surface area contributed by atoms with Gasteiger partial charge in [0.1, 0.15) is 0 Å². The third-order valence-electron chi connectivity index (χ3n) is 2.37. The molecular formula is C12H20N2O. The maximum Gasteiger partial charge on any atom is 0.227 e. The number of hydrogen-bond donors (Lipinski definition) is 1. The molecule has 3 nitrogen and oxygen atoms in total. The molecule has 1 fully saturated rings. The molecule has 1 aliphatic rings. The molecule has 1 aliphatic carbocycles. The summed E-state index contributed by atoms with van der Waals surface area (Å²) in [5.74, 6) is 0.0344. The van der Waals surface area contributed by atoms with Gasteiger partial charge in [-0.2, -0.15) is 5.26 Å². The van der Waals surface area contributed by atoms with Gasteiger partial charge in [0.15, 0.2) is 0 Å². The van der Waals surface area contributed by atoms with E-state index in [0.29, 0.717) is 13.0 Å². The van der Waals surface area contributed by atoms with Crippen LogP contribution in [0, 0.1) is 16.7 Å². The van der Waals surface area contributed by atoms with Gasteiger partial charge in [-0.25, -0.2) is 0 Å². The molecule has 0 atom stereocenters. The van der Waals surface area contributed by atoms with Gasteiger partial charge in [0.2, 0.25) is 5.91 Å². The highest BCUT2D eigenvalue weighted by atomic mass is 16.2. The van der Waals surface area contributed by atoms with Crippen LogP contribution in [0.2, 0.25) is 0 Å². The highest BCUT2D eigenvalue weighted by Gasteiger charge is 2.49. The molecule has 0 heterocycles. The lowest BCUT2D eigenvalue weighted by Gasteiger charge is -2.09. The van der Waals surface area contributed by atoms with Gasteiger partial charge in [-0.05, 0) is 19.8 Å². The molecule has 1 saturated carbocycles. The summed E-state index contributed by atoms with van der Waals surface area (Å²) in [5, 5.41) is 11.3. The molecule has 0 saturated heterocycles. The number of carbonyl (C=O) groups is 1. The minimum absolute atomic E-state index is 0.0344. The average molecular weight is 208 g/mol. The first-order valence-corrected chi connectivity index (χ1v) is 5.51. The molecule has 0 aliphatic heterocycles. The van der Waals surface area contributed by atoms with Crippen LogP contribution in [0.25, 0.3) is 0 Å². The maximum atomic E-state index is 11.5. The van der Waals surface area contributed by atoms with Gasteiger partial charge in [-0.3, -0.25) is 4.79 Å². The monoisotopic (exact) mass is 208 g/mol. The molecule has 0 aromatic rings. The molecule has 0 radical (unpaired) electrons. The Morgan fingerprint density at radius 1 is 1.53 bits per heavy atom. The average Bonchev–Trinajstić information content (AvgIpc) is 3.03. The molecule has 0 spiro atoms. The highest BCUT2D eigenvalue weighted by Crippen LogP contribution is 2.48. The van der Waals surface area contributed by atoms with Crippen LogP contribution in [0.15, 0.2) is 12.2 Å². The number of nitrogens with zero attached hydrogens (tertiary/aromatic N) is 1. The fourth-order valence-corrected chi connectivity index (χ4v) is 1.24. The Morgan fingerprint density at radius 3 is 2.53 bits per heavy atom. The second kappa shape index (κ2) is 7.05. The normalized spacial score (nSPS) is 16.1. The third kappa shape index (κ3) is 4.16.